The second kappa shape index (κ2) is 2.17. The zero-order valence-electron chi connectivity index (χ0n) is 7.68. The van der Waals surface area contributed by atoms with E-state index in [9.17, 15) is 0 Å². The van der Waals surface area contributed by atoms with Gasteiger partial charge in [0, 0.05) is 21.8 Å². The van der Waals surface area contributed by atoms with Crippen LogP contribution in [0.5, 0.6) is 0 Å². The summed E-state index contributed by atoms with van der Waals surface area (Å²) in [5, 5.41) is 0. The van der Waals surface area contributed by atoms with Crippen molar-refractivity contribution < 1.29 is 0 Å². The Labute approximate surface area is 86.7 Å². The number of pyridine rings is 1. The summed E-state index contributed by atoms with van der Waals surface area (Å²) < 4.78 is 1.16. The van der Waals surface area contributed by atoms with Crippen molar-refractivity contribution in [2.45, 2.75) is 31.6 Å². The Bertz CT molecular complexity index is 352. The third kappa shape index (κ3) is 0.954. The number of nitrogens with zero attached hydrogens (tertiary/aromatic N) is 1. The van der Waals surface area contributed by atoms with E-state index in [2.05, 4.69) is 33.9 Å². The molecule has 2 heteroatoms. The normalized spacial score (nSPS) is 40.8. The maximum atomic E-state index is 4.47. The van der Waals surface area contributed by atoms with Crippen molar-refractivity contribution in [3.8, 4) is 0 Å². The van der Waals surface area contributed by atoms with Crippen LogP contribution < -0.4 is 0 Å². The molecule has 0 spiro atoms. The van der Waals surface area contributed by atoms with E-state index in [0.29, 0.717) is 10.8 Å². The summed E-state index contributed by atoms with van der Waals surface area (Å²) in [6.45, 7) is 2.38. The minimum atomic E-state index is 0.471. The van der Waals surface area contributed by atoms with Crippen molar-refractivity contribution in [2.24, 2.45) is 5.41 Å². The Hall–Kier alpha value is -0.370. The highest BCUT2D eigenvalue weighted by Gasteiger charge is 2.66. The molecule has 3 fully saturated rings. The molecule has 2 bridgehead atoms. The topological polar surface area (TPSA) is 12.9 Å². The van der Waals surface area contributed by atoms with Gasteiger partial charge in [0.2, 0.25) is 0 Å². The average Bonchev–Trinajstić information content (AvgIpc) is 1.97. The molecule has 1 aromatic rings. The van der Waals surface area contributed by atoms with Gasteiger partial charge in [0.1, 0.15) is 0 Å². The summed E-state index contributed by atoms with van der Waals surface area (Å²) in [6, 6.07) is 4.18. The van der Waals surface area contributed by atoms with Crippen molar-refractivity contribution in [2.75, 3.05) is 0 Å². The van der Waals surface area contributed by atoms with Crippen LogP contribution in [0.3, 0.4) is 0 Å². The first kappa shape index (κ1) is 7.98. The molecule has 1 aromatic heterocycles. The third-order valence-electron chi connectivity index (χ3n) is 3.56. The van der Waals surface area contributed by atoms with Crippen LogP contribution in [0.1, 0.15) is 31.9 Å². The SMILES string of the molecule is CC12CC(c3cc(Br)ccn3)(C1)C2. The van der Waals surface area contributed by atoms with Crippen LogP contribution in [0.15, 0.2) is 22.8 Å². The number of halogens is 1. The van der Waals surface area contributed by atoms with Crippen molar-refractivity contribution in [1.82, 2.24) is 4.98 Å². The van der Waals surface area contributed by atoms with E-state index in [1.807, 2.05) is 12.3 Å². The van der Waals surface area contributed by atoms with E-state index < -0.39 is 0 Å². The quantitative estimate of drug-likeness (QED) is 0.731. The third-order valence-corrected chi connectivity index (χ3v) is 4.05. The largest absolute Gasteiger partial charge is 0.261 e. The number of hydrogen-bond donors (Lipinski definition) is 0. The Morgan fingerprint density at radius 2 is 2.08 bits per heavy atom. The van der Waals surface area contributed by atoms with Crippen LogP contribution in [0.25, 0.3) is 0 Å². The van der Waals surface area contributed by atoms with Crippen LogP contribution in [0.2, 0.25) is 0 Å². The van der Waals surface area contributed by atoms with Gasteiger partial charge in [-0.3, -0.25) is 4.98 Å². The second-order valence-corrected chi connectivity index (χ2v) is 5.90. The first-order chi connectivity index (χ1) is 6.12. The van der Waals surface area contributed by atoms with Gasteiger partial charge in [-0.25, -0.2) is 0 Å². The predicted molar refractivity (Wildman–Crippen MR) is 55.6 cm³/mol. The first-order valence-electron chi connectivity index (χ1n) is 4.74. The van der Waals surface area contributed by atoms with Crippen molar-refractivity contribution in [1.29, 1.82) is 0 Å². The fraction of sp³-hybridized carbons (Fsp3) is 0.545. The van der Waals surface area contributed by atoms with Crippen LogP contribution >= 0.6 is 15.9 Å². The molecular formula is C11H12BrN. The second-order valence-electron chi connectivity index (χ2n) is 4.98. The zero-order chi connectivity index (χ0) is 9.10. The lowest BCUT2D eigenvalue weighted by atomic mass is 9.35. The van der Waals surface area contributed by atoms with Crippen LogP contribution in [0.4, 0.5) is 0 Å². The fourth-order valence-electron chi connectivity index (χ4n) is 3.26. The summed E-state index contributed by atoms with van der Waals surface area (Å²) in [7, 11) is 0. The van der Waals surface area contributed by atoms with E-state index in [4.69, 9.17) is 0 Å². The smallest absolute Gasteiger partial charge is 0.0477 e. The average molecular weight is 238 g/mol. The lowest BCUT2D eigenvalue weighted by Gasteiger charge is -2.69. The molecule has 1 nitrogen and oxygen atoms in total. The van der Waals surface area contributed by atoms with Gasteiger partial charge in [-0.15, -0.1) is 0 Å². The lowest BCUT2D eigenvalue weighted by molar-refractivity contribution is -0.128. The molecule has 0 radical (unpaired) electrons. The van der Waals surface area contributed by atoms with E-state index in [-0.39, 0.29) is 0 Å². The minimum Gasteiger partial charge on any atom is -0.261 e. The number of aromatic nitrogens is 1. The predicted octanol–water partition coefficient (Wildman–Crippen LogP) is 3.29. The first-order valence-corrected chi connectivity index (χ1v) is 5.53. The van der Waals surface area contributed by atoms with Gasteiger partial charge in [0.05, 0.1) is 0 Å². The van der Waals surface area contributed by atoms with Crippen LogP contribution in [-0.2, 0) is 5.41 Å². The molecule has 0 saturated heterocycles. The number of rotatable bonds is 1. The maximum absolute atomic E-state index is 4.47. The molecule has 1 heterocycles. The van der Waals surface area contributed by atoms with Gasteiger partial charge in [0.15, 0.2) is 0 Å². The van der Waals surface area contributed by atoms with Gasteiger partial charge in [-0.2, -0.15) is 0 Å². The van der Waals surface area contributed by atoms with Gasteiger partial charge in [0.25, 0.3) is 0 Å². The van der Waals surface area contributed by atoms with Crippen molar-refractivity contribution in [3.05, 3.63) is 28.5 Å². The van der Waals surface area contributed by atoms with E-state index >= 15 is 0 Å². The number of hydrogen-bond acceptors (Lipinski definition) is 1. The van der Waals surface area contributed by atoms with Crippen LogP contribution in [0, 0.1) is 5.41 Å². The van der Waals surface area contributed by atoms with Gasteiger partial charge < -0.3 is 0 Å². The van der Waals surface area contributed by atoms with E-state index in [1.54, 1.807) is 0 Å². The van der Waals surface area contributed by atoms with Crippen molar-refractivity contribution >= 4 is 15.9 Å². The van der Waals surface area contributed by atoms with E-state index in [1.165, 1.54) is 25.0 Å². The molecule has 0 aliphatic heterocycles. The Morgan fingerprint density at radius 1 is 1.38 bits per heavy atom. The van der Waals surface area contributed by atoms with E-state index in [0.717, 1.165) is 4.47 Å². The Morgan fingerprint density at radius 3 is 2.62 bits per heavy atom. The van der Waals surface area contributed by atoms with Crippen LogP contribution in [-0.4, -0.2) is 4.98 Å². The lowest BCUT2D eigenvalue weighted by Crippen LogP contribution is -2.63. The standard InChI is InChI=1S/C11H12BrN/c1-10-5-11(6-10,7-10)9-4-8(12)2-3-13-9/h2-4H,5-7H2,1H3. The summed E-state index contributed by atoms with van der Waals surface area (Å²) in [4.78, 5) is 4.47. The Balaban J connectivity index is 1.95. The van der Waals surface area contributed by atoms with Crippen molar-refractivity contribution in [3.63, 3.8) is 0 Å². The summed E-state index contributed by atoms with van der Waals surface area (Å²) in [5.74, 6) is 0. The molecule has 0 amide bonds. The van der Waals surface area contributed by atoms with Gasteiger partial charge >= 0.3 is 0 Å². The monoisotopic (exact) mass is 237 g/mol. The molecule has 0 aromatic carbocycles. The fourth-order valence-corrected chi connectivity index (χ4v) is 3.60. The van der Waals surface area contributed by atoms with Gasteiger partial charge in [-0.1, -0.05) is 22.9 Å². The molecule has 0 unspecified atom stereocenters. The molecule has 0 N–H and O–H groups in total. The highest BCUT2D eigenvalue weighted by molar-refractivity contribution is 9.10. The van der Waals surface area contributed by atoms with Gasteiger partial charge in [-0.05, 0) is 36.8 Å². The molecule has 13 heavy (non-hydrogen) atoms. The summed E-state index contributed by atoms with van der Waals surface area (Å²) in [6.07, 6.45) is 5.96. The molecule has 3 aliphatic rings. The molecular weight excluding hydrogens is 226 g/mol. The molecule has 3 saturated carbocycles. The minimum absolute atomic E-state index is 0.471. The molecule has 4 rings (SSSR count). The highest BCUT2D eigenvalue weighted by Crippen LogP contribution is 2.73. The summed E-state index contributed by atoms with van der Waals surface area (Å²) in [5.41, 5.74) is 2.44. The summed E-state index contributed by atoms with van der Waals surface area (Å²) >= 11 is 3.50. The molecule has 0 atom stereocenters. The Kier molecular flexibility index (Phi) is 1.33. The maximum Gasteiger partial charge on any atom is 0.0477 e. The molecule has 68 valence electrons. The zero-order valence-corrected chi connectivity index (χ0v) is 9.26. The molecule has 3 aliphatic carbocycles. The highest BCUT2D eigenvalue weighted by atomic mass is 79.9.